The lowest BCUT2D eigenvalue weighted by Crippen LogP contribution is -1.82. The van der Waals surface area contributed by atoms with Crippen molar-refractivity contribution in [2.75, 3.05) is 0 Å². The smallest absolute Gasteiger partial charge is 0.102 e. The second-order valence-corrected chi connectivity index (χ2v) is 5.05. The number of nitriles is 1. The van der Waals surface area contributed by atoms with E-state index in [1.54, 1.807) is 24.3 Å². The molecule has 1 aromatic carbocycles. The number of hydrogen-bond acceptors (Lipinski definition) is 2. The van der Waals surface area contributed by atoms with E-state index in [1.165, 1.54) is 11.3 Å². The highest BCUT2D eigenvalue weighted by molar-refractivity contribution is 7.11. The first-order valence-corrected chi connectivity index (χ1v) is 6.45. The summed E-state index contributed by atoms with van der Waals surface area (Å²) in [6.45, 7) is 0. The Labute approximate surface area is 114 Å². The Balaban J connectivity index is 2.50. The summed E-state index contributed by atoms with van der Waals surface area (Å²) >= 11 is 13.5. The summed E-state index contributed by atoms with van der Waals surface area (Å²) in [5, 5.41) is 12.2. The molecule has 0 spiro atoms. The van der Waals surface area contributed by atoms with Crippen molar-refractivity contribution in [3.05, 3.63) is 57.2 Å². The van der Waals surface area contributed by atoms with Gasteiger partial charge in [0.25, 0.3) is 0 Å². The number of halogens is 2. The van der Waals surface area contributed by atoms with Gasteiger partial charge < -0.3 is 0 Å². The molecule has 17 heavy (non-hydrogen) atoms. The Morgan fingerprint density at radius 3 is 2.41 bits per heavy atom. The maximum absolute atomic E-state index is 9.17. The van der Waals surface area contributed by atoms with Crippen molar-refractivity contribution in [1.82, 2.24) is 0 Å². The Morgan fingerprint density at radius 1 is 1.18 bits per heavy atom. The van der Waals surface area contributed by atoms with Crippen LogP contribution < -0.4 is 0 Å². The molecule has 2 aromatic rings. The molecular formula is C13H7Cl2NS. The fourth-order valence-electron chi connectivity index (χ4n) is 1.37. The van der Waals surface area contributed by atoms with Crippen LogP contribution >= 0.6 is 34.5 Å². The first kappa shape index (κ1) is 12.2. The van der Waals surface area contributed by atoms with Crippen molar-refractivity contribution in [1.29, 1.82) is 5.26 Å². The summed E-state index contributed by atoms with van der Waals surface area (Å²) in [7, 11) is 0. The molecule has 4 heteroatoms. The third-order valence-electron chi connectivity index (χ3n) is 2.20. The van der Waals surface area contributed by atoms with Gasteiger partial charge in [0.15, 0.2) is 0 Å². The molecule has 0 aliphatic rings. The van der Waals surface area contributed by atoms with Crippen molar-refractivity contribution in [2.45, 2.75) is 0 Å². The maximum Gasteiger partial charge on any atom is 0.102 e. The van der Waals surface area contributed by atoms with Gasteiger partial charge in [-0.25, -0.2) is 0 Å². The minimum Gasteiger partial charge on any atom is -0.192 e. The summed E-state index contributed by atoms with van der Waals surface area (Å²) in [5.74, 6) is 0. The standard InChI is InChI=1S/C13H7Cl2NS/c14-10-5-3-9(4-6-10)13(15)11(8-16)12-2-1-7-17-12/h1-7H. The van der Waals surface area contributed by atoms with E-state index in [9.17, 15) is 5.26 Å². The molecule has 1 aromatic heterocycles. The highest BCUT2D eigenvalue weighted by Crippen LogP contribution is 2.31. The minimum absolute atomic E-state index is 0.451. The first-order valence-electron chi connectivity index (χ1n) is 4.82. The Kier molecular flexibility index (Phi) is 3.86. The van der Waals surface area contributed by atoms with Crippen LogP contribution in [0.5, 0.6) is 0 Å². The van der Waals surface area contributed by atoms with E-state index in [1.807, 2.05) is 17.5 Å². The monoisotopic (exact) mass is 279 g/mol. The van der Waals surface area contributed by atoms with Gasteiger partial charge in [0.2, 0.25) is 0 Å². The van der Waals surface area contributed by atoms with Gasteiger partial charge in [-0.3, -0.25) is 0 Å². The van der Waals surface area contributed by atoms with Crippen molar-refractivity contribution >= 4 is 45.1 Å². The van der Waals surface area contributed by atoms with Crippen LogP contribution in [0.4, 0.5) is 0 Å². The van der Waals surface area contributed by atoms with Crippen LogP contribution in [-0.2, 0) is 0 Å². The van der Waals surface area contributed by atoms with E-state index >= 15 is 0 Å². The molecule has 0 saturated heterocycles. The molecule has 0 unspecified atom stereocenters. The lowest BCUT2D eigenvalue weighted by molar-refractivity contribution is 1.54. The van der Waals surface area contributed by atoms with Crippen LogP contribution in [-0.4, -0.2) is 0 Å². The molecule has 0 aliphatic carbocycles. The van der Waals surface area contributed by atoms with Crippen molar-refractivity contribution < 1.29 is 0 Å². The van der Waals surface area contributed by atoms with Crippen LogP contribution in [0.25, 0.3) is 10.6 Å². The van der Waals surface area contributed by atoms with E-state index in [2.05, 4.69) is 6.07 Å². The first-order chi connectivity index (χ1) is 8.22. The summed E-state index contributed by atoms with van der Waals surface area (Å²) in [6.07, 6.45) is 0. The Hall–Kier alpha value is -1.27. The van der Waals surface area contributed by atoms with Gasteiger partial charge in [-0.2, -0.15) is 5.26 Å². The zero-order chi connectivity index (χ0) is 12.3. The predicted octanol–water partition coefficient (Wildman–Crippen LogP) is 5.03. The van der Waals surface area contributed by atoms with Gasteiger partial charge in [-0.05, 0) is 29.1 Å². The van der Waals surface area contributed by atoms with Gasteiger partial charge >= 0.3 is 0 Å². The second kappa shape index (κ2) is 5.37. The van der Waals surface area contributed by atoms with Crippen LogP contribution in [0, 0.1) is 11.3 Å². The molecule has 0 saturated carbocycles. The molecule has 2 rings (SSSR count). The SMILES string of the molecule is N#CC(=C(Cl)c1ccc(Cl)cc1)c1cccs1. The predicted molar refractivity (Wildman–Crippen MR) is 74.1 cm³/mol. The molecule has 0 radical (unpaired) electrons. The van der Waals surface area contributed by atoms with Crippen molar-refractivity contribution in [3.8, 4) is 6.07 Å². The highest BCUT2D eigenvalue weighted by atomic mass is 35.5. The number of benzene rings is 1. The molecule has 0 aliphatic heterocycles. The van der Waals surface area contributed by atoms with E-state index < -0.39 is 0 Å². The zero-order valence-electron chi connectivity index (χ0n) is 8.65. The lowest BCUT2D eigenvalue weighted by Gasteiger charge is -2.02. The zero-order valence-corrected chi connectivity index (χ0v) is 11.0. The number of hydrogen-bond donors (Lipinski definition) is 0. The van der Waals surface area contributed by atoms with Crippen molar-refractivity contribution in [2.24, 2.45) is 0 Å². The van der Waals surface area contributed by atoms with Gasteiger partial charge in [-0.15, -0.1) is 11.3 Å². The Bertz CT molecular complexity index is 577. The molecule has 0 amide bonds. The average Bonchev–Trinajstić information content (AvgIpc) is 2.84. The topological polar surface area (TPSA) is 23.8 Å². The number of nitrogens with zero attached hydrogens (tertiary/aromatic N) is 1. The largest absolute Gasteiger partial charge is 0.192 e. The number of thiophene rings is 1. The lowest BCUT2D eigenvalue weighted by atomic mass is 10.1. The van der Waals surface area contributed by atoms with Crippen LogP contribution in [0.15, 0.2) is 41.8 Å². The molecule has 1 nitrogen and oxygen atoms in total. The Morgan fingerprint density at radius 2 is 1.88 bits per heavy atom. The molecule has 0 N–H and O–H groups in total. The third kappa shape index (κ3) is 2.70. The van der Waals surface area contributed by atoms with Crippen LogP contribution in [0.2, 0.25) is 5.02 Å². The highest BCUT2D eigenvalue weighted by Gasteiger charge is 2.10. The van der Waals surface area contributed by atoms with E-state index in [-0.39, 0.29) is 0 Å². The molecular weight excluding hydrogens is 273 g/mol. The van der Waals surface area contributed by atoms with E-state index in [0.29, 0.717) is 15.6 Å². The maximum atomic E-state index is 9.17. The fraction of sp³-hybridized carbons (Fsp3) is 0. The van der Waals surface area contributed by atoms with Gasteiger partial charge in [-0.1, -0.05) is 41.4 Å². The molecule has 1 heterocycles. The summed E-state index contributed by atoms with van der Waals surface area (Å²) < 4.78 is 0. The van der Waals surface area contributed by atoms with Gasteiger partial charge in [0.1, 0.15) is 6.07 Å². The molecule has 0 atom stereocenters. The van der Waals surface area contributed by atoms with Gasteiger partial charge in [0, 0.05) is 9.90 Å². The third-order valence-corrected chi connectivity index (χ3v) is 3.74. The number of rotatable bonds is 2. The van der Waals surface area contributed by atoms with Crippen molar-refractivity contribution in [3.63, 3.8) is 0 Å². The summed E-state index contributed by atoms with van der Waals surface area (Å²) in [6, 6.07) is 13.0. The van der Waals surface area contributed by atoms with Crippen LogP contribution in [0.1, 0.15) is 10.4 Å². The molecule has 0 bridgehead atoms. The van der Waals surface area contributed by atoms with E-state index in [4.69, 9.17) is 23.2 Å². The fourth-order valence-corrected chi connectivity index (χ4v) is 2.55. The second-order valence-electron chi connectivity index (χ2n) is 3.28. The average molecular weight is 280 g/mol. The summed E-state index contributed by atoms with van der Waals surface area (Å²) in [4.78, 5) is 0.868. The van der Waals surface area contributed by atoms with E-state index in [0.717, 1.165) is 10.4 Å². The summed E-state index contributed by atoms with van der Waals surface area (Å²) in [5.41, 5.74) is 1.28. The number of allylic oxidation sites excluding steroid dienone is 1. The quantitative estimate of drug-likeness (QED) is 0.707. The molecule has 0 fully saturated rings. The van der Waals surface area contributed by atoms with Gasteiger partial charge in [0.05, 0.1) is 10.6 Å². The molecule has 84 valence electrons. The van der Waals surface area contributed by atoms with Crippen LogP contribution in [0.3, 0.4) is 0 Å². The normalized spacial score (nSPS) is 11.8. The minimum atomic E-state index is 0.451.